The molecule has 0 spiro atoms. The molecule has 5 nitrogen and oxygen atoms in total. The number of carbonyl (C=O) groups excluding carboxylic acids is 1. The fourth-order valence-corrected chi connectivity index (χ4v) is 4.39. The largest absolute Gasteiger partial charge is 0.497 e. The predicted molar refractivity (Wildman–Crippen MR) is 108 cm³/mol. The van der Waals surface area contributed by atoms with E-state index in [9.17, 15) is 13.2 Å². The number of methoxy groups -OCH3 is 1. The van der Waals surface area contributed by atoms with Crippen LogP contribution in [0.5, 0.6) is 5.75 Å². The summed E-state index contributed by atoms with van der Waals surface area (Å²) in [6.07, 6.45) is 3.65. The van der Waals surface area contributed by atoms with Crippen LogP contribution >= 0.6 is 0 Å². The van der Waals surface area contributed by atoms with E-state index >= 15 is 0 Å². The molecule has 0 unspecified atom stereocenters. The molecular formula is C21H30O5S. The molecule has 0 radical (unpaired) electrons. The number of carbonyl (C=O) groups is 1. The highest BCUT2D eigenvalue weighted by atomic mass is 32.2. The first-order valence-electron chi connectivity index (χ1n) is 8.93. The summed E-state index contributed by atoms with van der Waals surface area (Å²) in [4.78, 5) is 13.0. The number of rotatable bonds is 9. The summed E-state index contributed by atoms with van der Waals surface area (Å²) in [5.74, 6) is -0.180. The second kappa shape index (κ2) is 9.74. The van der Waals surface area contributed by atoms with Crippen LogP contribution in [-0.2, 0) is 19.4 Å². The molecule has 0 aromatic heterocycles. The Kier molecular flexibility index (Phi) is 8.28. The van der Waals surface area contributed by atoms with Gasteiger partial charge in [-0.1, -0.05) is 23.3 Å². The van der Waals surface area contributed by atoms with E-state index < -0.39 is 20.6 Å². The van der Waals surface area contributed by atoms with Crippen molar-refractivity contribution in [1.29, 1.82) is 0 Å². The SMILES string of the molecule is CCOC(=O)C(CC=C(C)C)(CC=C(C)C)S(=O)(=O)c1ccc(OC)cc1. The molecule has 0 fully saturated rings. The van der Waals surface area contributed by atoms with Gasteiger partial charge in [0.15, 0.2) is 14.6 Å². The first-order valence-corrected chi connectivity index (χ1v) is 10.4. The van der Waals surface area contributed by atoms with Gasteiger partial charge < -0.3 is 9.47 Å². The third-order valence-electron chi connectivity index (χ3n) is 4.21. The monoisotopic (exact) mass is 394 g/mol. The number of esters is 1. The normalized spacial score (nSPS) is 11.5. The van der Waals surface area contributed by atoms with Crippen molar-refractivity contribution in [2.24, 2.45) is 0 Å². The number of ether oxygens (including phenoxy) is 2. The molecule has 6 heteroatoms. The molecule has 0 saturated carbocycles. The fraction of sp³-hybridized carbons (Fsp3) is 0.476. The minimum atomic E-state index is -4.02. The molecule has 0 saturated heterocycles. The zero-order valence-electron chi connectivity index (χ0n) is 17.0. The molecule has 0 N–H and O–H groups in total. The lowest BCUT2D eigenvalue weighted by Crippen LogP contribution is -2.47. The summed E-state index contributed by atoms with van der Waals surface area (Å²) in [7, 11) is -2.51. The highest BCUT2D eigenvalue weighted by Gasteiger charge is 2.51. The van der Waals surface area contributed by atoms with E-state index in [-0.39, 0.29) is 24.3 Å². The summed E-state index contributed by atoms with van der Waals surface area (Å²) in [6, 6.07) is 6.08. The second-order valence-electron chi connectivity index (χ2n) is 6.86. The van der Waals surface area contributed by atoms with Crippen LogP contribution in [0, 0.1) is 0 Å². The minimum Gasteiger partial charge on any atom is -0.497 e. The molecule has 0 bridgehead atoms. The first kappa shape index (κ1) is 23.0. The number of hydrogen-bond acceptors (Lipinski definition) is 5. The van der Waals surface area contributed by atoms with E-state index in [1.54, 1.807) is 31.2 Å². The third-order valence-corrected chi connectivity index (χ3v) is 6.63. The average molecular weight is 395 g/mol. The Labute approximate surface area is 163 Å². The van der Waals surface area contributed by atoms with Crippen molar-refractivity contribution in [1.82, 2.24) is 0 Å². The highest BCUT2D eigenvalue weighted by molar-refractivity contribution is 7.93. The standard InChI is InChI=1S/C21H30O5S/c1-7-26-20(22)21(14-12-16(2)3,15-13-17(4)5)27(23,24)19-10-8-18(25-6)9-11-19/h8-13H,7,14-15H2,1-6H3. The summed E-state index contributed by atoms with van der Waals surface area (Å²) >= 11 is 0. The Morgan fingerprint density at radius 3 is 1.85 bits per heavy atom. The van der Waals surface area contributed by atoms with E-state index in [0.29, 0.717) is 5.75 Å². The van der Waals surface area contributed by atoms with Gasteiger partial charge in [-0.3, -0.25) is 4.79 Å². The van der Waals surface area contributed by atoms with Gasteiger partial charge in [-0.05, 0) is 71.7 Å². The van der Waals surface area contributed by atoms with Gasteiger partial charge in [0.1, 0.15) is 5.75 Å². The van der Waals surface area contributed by atoms with E-state index in [1.165, 1.54) is 19.2 Å². The summed E-state index contributed by atoms with van der Waals surface area (Å²) < 4.78 is 35.8. The van der Waals surface area contributed by atoms with E-state index in [4.69, 9.17) is 9.47 Å². The molecule has 0 aliphatic heterocycles. The third kappa shape index (κ3) is 5.45. The zero-order chi connectivity index (χ0) is 20.7. The van der Waals surface area contributed by atoms with Crippen molar-refractivity contribution in [3.05, 3.63) is 47.6 Å². The van der Waals surface area contributed by atoms with Crippen LogP contribution < -0.4 is 4.74 Å². The summed E-state index contributed by atoms with van der Waals surface area (Å²) in [6.45, 7) is 9.27. The highest BCUT2D eigenvalue weighted by Crippen LogP contribution is 2.36. The lowest BCUT2D eigenvalue weighted by atomic mass is 9.97. The fourth-order valence-electron chi connectivity index (χ4n) is 2.56. The Hall–Kier alpha value is -2.08. The number of allylic oxidation sites excluding steroid dienone is 4. The number of benzene rings is 1. The maximum atomic E-state index is 13.6. The second-order valence-corrected chi connectivity index (χ2v) is 9.12. The topological polar surface area (TPSA) is 69.7 Å². The van der Waals surface area contributed by atoms with Crippen LogP contribution in [0.1, 0.15) is 47.5 Å². The minimum absolute atomic E-state index is 0.0479. The predicted octanol–water partition coefficient (Wildman–Crippen LogP) is 4.48. The lowest BCUT2D eigenvalue weighted by Gasteiger charge is -2.30. The van der Waals surface area contributed by atoms with E-state index in [1.807, 2.05) is 27.7 Å². The molecule has 150 valence electrons. The van der Waals surface area contributed by atoms with E-state index in [0.717, 1.165) is 11.1 Å². The van der Waals surface area contributed by atoms with Crippen LogP contribution in [0.25, 0.3) is 0 Å². The zero-order valence-corrected chi connectivity index (χ0v) is 17.9. The Morgan fingerprint density at radius 2 is 1.48 bits per heavy atom. The average Bonchev–Trinajstić information content (AvgIpc) is 2.61. The van der Waals surface area contributed by atoms with Crippen LogP contribution in [0.15, 0.2) is 52.5 Å². The van der Waals surface area contributed by atoms with Gasteiger partial charge in [0, 0.05) is 0 Å². The maximum absolute atomic E-state index is 13.6. The van der Waals surface area contributed by atoms with Crippen molar-refractivity contribution in [3.8, 4) is 5.75 Å². The van der Waals surface area contributed by atoms with Crippen LogP contribution in [-0.4, -0.2) is 32.9 Å². The molecule has 27 heavy (non-hydrogen) atoms. The molecule has 1 aromatic rings. The quantitative estimate of drug-likeness (QED) is 0.456. The summed E-state index contributed by atoms with van der Waals surface area (Å²) in [5.41, 5.74) is 1.87. The Morgan fingerprint density at radius 1 is 1.00 bits per heavy atom. The van der Waals surface area contributed by atoms with Crippen molar-refractivity contribution in [2.75, 3.05) is 13.7 Å². The number of sulfone groups is 1. The van der Waals surface area contributed by atoms with Crippen LogP contribution in [0.3, 0.4) is 0 Å². The lowest BCUT2D eigenvalue weighted by molar-refractivity contribution is -0.146. The molecule has 0 heterocycles. The maximum Gasteiger partial charge on any atom is 0.328 e. The molecule has 0 atom stereocenters. The molecule has 0 amide bonds. The van der Waals surface area contributed by atoms with Crippen LogP contribution in [0.4, 0.5) is 0 Å². The number of hydrogen-bond donors (Lipinski definition) is 0. The van der Waals surface area contributed by atoms with Crippen LogP contribution in [0.2, 0.25) is 0 Å². The first-order chi connectivity index (χ1) is 12.6. The molecule has 1 aromatic carbocycles. The van der Waals surface area contributed by atoms with Gasteiger partial charge in [0.25, 0.3) is 0 Å². The smallest absolute Gasteiger partial charge is 0.328 e. The van der Waals surface area contributed by atoms with Crippen molar-refractivity contribution in [2.45, 2.75) is 57.1 Å². The molecular weight excluding hydrogens is 364 g/mol. The van der Waals surface area contributed by atoms with Gasteiger partial charge in [0.2, 0.25) is 0 Å². The van der Waals surface area contributed by atoms with Crippen molar-refractivity contribution >= 4 is 15.8 Å². The van der Waals surface area contributed by atoms with Gasteiger partial charge >= 0.3 is 5.97 Å². The van der Waals surface area contributed by atoms with Gasteiger partial charge in [-0.15, -0.1) is 0 Å². The Bertz CT molecular complexity index is 773. The van der Waals surface area contributed by atoms with Crippen molar-refractivity contribution in [3.63, 3.8) is 0 Å². The van der Waals surface area contributed by atoms with Crippen molar-refractivity contribution < 1.29 is 22.7 Å². The van der Waals surface area contributed by atoms with Gasteiger partial charge in [-0.2, -0.15) is 0 Å². The molecule has 0 aliphatic carbocycles. The van der Waals surface area contributed by atoms with Gasteiger partial charge in [-0.25, -0.2) is 8.42 Å². The van der Waals surface area contributed by atoms with E-state index in [2.05, 4.69) is 0 Å². The molecule has 1 rings (SSSR count). The van der Waals surface area contributed by atoms with Gasteiger partial charge in [0.05, 0.1) is 18.6 Å². The summed E-state index contributed by atoms with van der Waals surface area (Å²) in [5, 5.41) is 0. The Balaban J connectivity index is 3.65. The molecule has 0 aliphatic rings.